The quantitative estimate of drug-likeness (QED) is 0.884. The zero-order valence-electron chi connectivity index (χ0n) is 10.1. The van der Waals surface area contributed by atoms with Crippen LogP contribution in [-0.4, -0.2) is 21.6 Å². The summed E-state index contributed by atoms with van der Waals surface area (Å²) >= 11 is 3.01. The maximum Gasteiger partial charge on any atom is 0.257 e. The van der Waals surface area contributed by atoms with E-state index in [9.17, 15) is 14.0 Å². The molecule has 0 bridgehead atoms. The number of nitrogens with two attached hydrogens (primary N) is 1. The van der Waals surface area contributed by atoms with Gasteiger partial charge < -0.3 is 11.1 Å². The zero-order chi connectivity index (χ0) is 14.7. The lowest BCUT2D eigenvalue weighted by atomic mass is 10.2. The highest BCUT2D eigenvalue weighted by Crippen LogP contribution is 2.21. The number of amides is 2. The number of primary amides is 1. The first kappa shape index (κ1) is 14.2. The van der Waals surface area contributed by atoms with Gasteiger partial charge in [-0.2, -0.15) is 5.10 Å². The van der Waals surface area contributed by atoms with Crippen LogP contribution in [-0.2, 0) is 11.3 Å². The van der Waals surface area contributed by atoms with Crippen LogP contribution in [0.3, 0.4) is 0 Å². The maximum atomic E-state index is 13.3. The lowest BCUT2D eigenvalue weighted by Crippen LogP contribution is -2.18. The average molecular weight is 341 g/mol. The van der Waals surface area contributed by atoms with E-state index in [0.29, 0.717) is 5.69 Å². The van der Waals surface area contributed by atoms with Crippen molar-refractivity contribution in [1.29, 1.82) is 0 Å². The Morgan fingerprint density at radius 1 is 1.45 bits per heavy atom. The van der Waals surface area contributed by atoms with Crippen LogP contribution in [0.15, 0.2) is 35.1 Å². The first-order chi connectivity index (χ1) is 9.47. The molecule has 0 unspecified atom stereocenters. The molecule has 1 aromatic carbocycles. The van der Waals surface area contributed by atoms with Crippen LogP contribution in [0.5, 0.6) is 0 Å². The van der Waals surface area contributed by atoms with Gasteiger partial charge in [0.15, 0.2) is 0 Å². The maximum absolute atomic E-state index is 13.3. The van der Waals surface area contributed by atoms with Crippen molar-refractivity contribution in [1.82, 2.24) is 9.78 Å². The summed E-state index contributed by atoms with van der Waals surface area (Å²) in [5.74, 6) is -1.56. The van der Waals surface area contributed by atoms with Crippen molar-refractivity contribution in [2.24, 2.45) is 5.73 Å². The van der Waals surface area contributed by atoms with Gasteiger partial charge in [0, 0.05) is 6.20 Å². The van der Waals surface area contributed by atoms with E-state index in [0.717, 1.165) is 0 Å². The second-order valence-electron chi connectivity index (χ2n) is 3.95. The summed E-state index contributed by atoms with van der Waals surface area (Å²) < 4.78 is 14.7. The summed E-state index contributed by atoms with van der Waals surface area (Å²) in [7, 11) is 0. The Balaban J connectivity index is 2.13. The van der Waals surface area contributed by atoms with Crippen LogP contribution in [0.1, 0.15) is 10.4 Å². The molecule has 2 rings (SSSR count). The minimum atomic E-state index is -0.543. The van der Waals surface area contributed by atoms with E-state index in [1.807, 2.05) is 0 Å². The molecule has 1 aromatic heterocycles. The highest BCUT2D eigenvalue weighted by Gasteiger charge is 2.14. The van der Waals surface area contributed by atoms with E-state index in [-0.39, 0.29) is 16.6 Å². The molecular weight excluding hydrogens is 331 g/mol. The van der Waals surface area contributed by atoms with E-state index in [2.05, 4.69) is 26.3 Å². The zero-order valence-corrected chi connectivity index (χ0v) is 11.7. The monoisotopic (exact) mass is 340 g/mol. The molecule has 0 aliphatic rings. The van der Waals surface area contributed by atoms with Gasteiger partial charge in [-0.25, -0.2) is 4.39 Å². The van der Waals surface area contributed by atoms with Gasteiger partial charge >= 0.3 is 0 Å². The Hall–Kier alpha value is -2.22. The van der Waals surface area contributed by atoms with Crippen LogP contribution in [0.25, 0.3) is 0 Å². The molecule has 3 N–H and O–H groups in total. The van der Waals surface area contributed by atoms with Gasteiger partial charge in [0.25, 0.3) is 5.91 Å². The number of benzene rings is 1. The van der Waals surface area contributed by atoms with Crippen molar-refractivity contribution >= 4 is 33.4 Å². The summed E-state index contributed by atoms with van der Waals surface area (Å²) in [6.07, 6.45) is 2.82. The molecule has 2 amide bonds. The number of carbonyl (C=O) groups excluding carboxylic acids is 2. The van der Waals surface area contributed by atoms with Crippen LogP contribution in [0.2, 0.25) is 0 Å². The third-order valence-electron chi connectivity index (χ3n) is 2.41. The predicted molar refractivity (Wildman–Crippen MR) is 73.5 cm³/mol. The number of anilines is 1. The first-order valence-electron chi connectivity index (χ1n) is 5.53. The standard InChI is InChI=1S/C12H10BrFN4O2/c13-11-8(2-1-3-9(11)14)12(20)17-7-4-16-18(5-7)6-10(15)19/h1-5H,6H2,(H2,15,19)(H,17,20). The van der Waals surface area contributed by atoms with E-state index >= 15 is 0 Å². The summed E-state index contributed by atoms with van der Waals surface area (Å²) in [5, 5.41) is 6.41. The lowest BCUT2D eigenvalue weighted by Gasteiger charge is -2.05. The summed E-state index contributed by atoms with van der Waals surface area (Å²) in [6, 6.07) is 4.16. The molecule has 0 saturated carbocycles. The second-order valence-corrected chi connectivity index (χ2v) is 4.74. The van der Waals surface area contributed by atoms with Gasteiger partial charge in [-0.1, -0.05) is 6.07 Å². The van der Waals surface area contributed by atoms with Crippen molar-refractivity contribution in [3.63, 3.8) is 0 Å². The Labute approximate surface area is 121 Å². The van der Waals surface area contributed by atoms with Crippen molar-refractivity contribution in [2.45, 2.75) is 6.54 Å². The van der Waals surface area contributed by atoms with Crippen molar-refractivity contribution < 1.29 is 14.0 Å². The van der Waals surface area contributed by atoms with Crippen LogP contribution < -0.4 is 11.1 Å². The average Bonchev–Trinajstić information content (AvgIpc) is 2.79. The topological polar surface area (TPSA) is 90.0 Å². The van der Waals surface area contributed by atoms with Crippen molar-refractivity contribution in [3.05, 3.63) is 46.4 Å². The number of hydrogen-bond acceptors (Lipinski definition) is 3. The summed E-state index contributed by atoms with van der Waals surface area (Å²) in [4.78, 5) is 22.7. The highest BCUT2D eigenvalue weighted by atomic mass is 79.9. The predicted octanol–water partition coefficient (Wildman–Crippen LogP) is 1.52. The number of hydrogen-bond donors (Lipinski definition) is 2. The Morgan fingerprint density at radius 3 is 2.90 bits per heavy atom. The second kappa shape index (κ2) is 5.83. The number of nitrogens with one attached hydrogen (secondary N) is 1. The van der Waals surface area contributed by atoms with Gasteiger partial charge in [0.2, 0.25) is 5.91 Å². The largest absolute Gasteiger partial charge is 0.368 e. The molecule has 0 radical (unpaired) electrons. The third kappa shape index (κ3) is 3.21. The van der Waals surface area contributed by atoms with Crippen molar-refractivity contribution in [2.75, 3.05) is 5.32 Å². The van der Waals surface area contributed by atoms with Gasteiger partial charge in [-0.15, -0.1) is 0 Å². The number of halogens is 2. The third-order valence-corrected chi connectivity index (χ3v) is 3.21. The smallest absolute Gasteiger partial charge is 0.257 e. The van der Waals surface area contributed by atoms with Crippen molar-refractivity contribution in [3.8, 4) is 0 Å². The molecule has 0 aliphatic heterocycles. The molecule has 20 heavy (non-hydrogen) atoms. The minimum Gasteiger partial charge on any atom is -0.368 e. The fraction of sp³-hybridized carbons (Fsp3) is 0.0833. The Bertz CT molecular complexity index is 671. The molecule has 0 fully saturated rings. The number of rotatable bonds is 4. The van der Waals surface area contributed by atoms with E-state index in [1.54, 1.807) is 0 Å². The Morgan fingerprint density at radius 2 is 2.20 bits per heavy atom. The molecule has 8 heteroatoms. The van der Waals surface area contributed by atoms with E-state index in [1.165, 1.54) is 35.3 Å². The van der Waals surface area contributed by atoms with Gasteiger partial charge in [-0.3, -0.25) is 14.3 Å². The summed E-state index contributed by atoms with van der Waals surface area (Å²) in [6.45, 7) is -0.0838. The molecule has 0 spiro atoms. The van der Waals surface area contributed by atoms with Crippen LogP contribution >= 0.6 is 15.9 Å². The minimum absolute atomic E-state index is 0.0838. The van der Waals surface area contributed by atoms with E-state index in [4.69, 9.17) is 5.73 Å². The van der Waals surface area contributed by atoms with Gasteiger partial charge in [-0.05, 0) is 28.1 Å². The molecule has 1 heterocycles. The number of carbonyl (C=O) groups is 2. The highest BCUT2D eigenvalue weighted by molar-refractivity contribution is 9.10. The molecule has 6 nitrogen and oxygen atoms in total. The molecule has 2 aromatic rings. The molecule has 0 aliphatic carbocycles. The molecule has 104 valence electrons. The van der Waals surface area contributed by atoms with Crippen LogP contribution in [0.4, 0.5) is 10.1 Å². The van der Waals surface area contributed by atoms with Gasteiger partial charge in [0.05, 0.1) is 21.9 Å². The lowest BCUT2D eigenvalue weighted by molar-refractivity contribution is -0.118. The summed E-state index contributed by atoms with van der Waals surface area (Å²) in [5.41, 5.74) is 5.57. The molecule has 0 saturated heterocycles. The number of aromatic nitrogens is 2. The fourth-order valence-electron chi connectivity index (χ4n) is 1.55. The molecular formula is C12H10BrFN4O2. The van der Waals surface area contributed by atoms with E-state index < -0.39 is 17.6 Å². The normalized spacial score (nSPS) is 10.3. The van der Waals surface area contributed by atoms with Gasteiger partial charge in [0.1, 0.15) is 12.4 Å². The van der Waals surface area contributed by atoms with Crippen LogP contribution in [0, 0.1) is 5.82 Å². The SMILES string of the molecule is NC(=O)Cn1cc(NC(=O)c2cccc(F)c2Br)cn1. The first-order valence-corrected chi connectivity index (χ1v) is 6.33. The number of nitrogens with zero attached hydrogens (tertiary/aromatic N) is 2. The Kier molecular flexibility index (Phi) is 4.14. The molecule has 0 atom stereocenters. The fourth-order valence-corrected chi connectivity index (χ4v) is 2.00.